The number of thiazole rings is 1. The molecule has 5 heteroatoms. The van der Waals surface area contributed by atoms with Crippen molar-refractivity contribution >= 4 is 28.3 Å². The zero-order valence-electron chi connectivity index (χ0n) is 12.2. The van der Waals surface area contributed by atoms with Crippen LogP contribution >= 0.6 is 11.3 Å². The second-order valence-corrected chi connectivity index (χ2v) is 6.66. The lowest BCUT2D eigenvalue weighted by Gasteiger charge is -2.20. The Hall–Kier alpha value is -2.14. The van der Waals surface area contributed by atoms with Crippen LogP contribution in [0, 0.1) is 0 Å². The number of rotatable bonds is 1. The lowest BCUT2D eigenvalue weighted by atomic mass is 10.2. The van der Waals surface area contributed by atoms with E-state index in [0.29, 0.717) is 0 Å². The first kappa shape index (κ1) is 13.8. The number of carbonyl (C=O) groups is 1. The molecule has 0 spiro atoms. The summed E-state index contributed by atoms with van der Waals surface area (Å²) >= 11 is 1.50. The minimum Gasteiger partial charge on any atom is -0.443 e. The first-order valence-corrected chi connectivity index (χ1v) is 7.56. The molecule has 0 radical (unpaired) electrons. The van der Waals surface area contributed by atoms with E-state index >= 15 is 0 Å². The molecule has 2 heterocycles. The molecule has 2 aromatic heterocycles. The molecule has 0 aliphatic carbocycles. The van der Waals surface area contributed by atoms with Gasteiger partial charge in [-0.1, -0.05) is 18.2 Å². The normalized spacial score (nSPS) is 11.8. The SMILES string of the molecule is CC(C)(C)OC(=O)n1c(-c2cncs2)cc2ccccc21. The molecule has 3 aromatic rings. The molecule has 0 N–H and O–H groups in total. The van der Waals surface area contributed by atoms with Gasteiger partial charge in [-0.25, -0.2) is 9.36 Å². The first-order valence-electron chi connectivity index (χ1n) is 6.68. The van der Waals surface area contributed by atoms with E-state index in [0.717, 1.165) is 21.5 Å². The zero-order chi connectivity index (χ0) is 15.0. The van der Waals surface area contributed by atoms with Crippen molar-refractivity contribution in [2.45, 2.75) is 26.4 Å². The van der Waals surface area contributed by atoms with Gasteiger partial charge in [0.05, 0.1) is 21.6 Å². The molecule has 1 aromatic carbocycles. The summed E-state index contributed by atoms with van der Waals surface area (Å²) in [6.07, 6.45) is 1.40. The Morgan fingerprint density at radius 1 is 1.29 bits per heavy atom. The maximum atomic E-state index is 12.6. The fourth-order valence-electron chi connectivity index (χ4n) is 2.18. The summed E-state index contributed by atoms with van der Waals surface area (Å²) in [6, 6.07) is 9.77. The van der Waals surface area contributed by atoms with Crippen molar-refractivity contribution < 1.29 is 9.53 Å². The van der Waals surface area contributed by atoms with Gasteiger partial charge in [-0.3, -0.25) is 4.98 Å². The van der Waals surface area contributed by atoms with E-state index in [9.17, 15) is 4.79 Å². The highest BCUT2D eigenvalue weighted by Gasteiger charge is 2.23. The highest BCUT2D eigenvalue weighted by molar-refractivity contribution is 7.13. The van der Waals surface area contributed by atoms with Crippen LogP contribution in [0.25, 0.3) is 21.5 Å². The molecule has 0 aliphatic rings. The smallest absolute Gasteiger partial charge is 0.419 e. The average Bonchev–Trinajstić information content (AvgIpc) is 3.03. The molecule has 0 amide bonds. The number of aromatic nitrogens is 2. The summed E-state index contributed by atoms with van der Waals surface area (Å²) in [7, 11) is 0. The largest absolute Gasteiger partial charge is 0.443 e. The molecule has 0 bridgehead atoms. The van der Waals surface area contributed by atoms with Gasteiger partial charge in [-0.2, -0.15) is 0 Å². The number of carbonyl (C=O) groups excluding carboxylic acids is 1. The first-order chi connectivity index (χ1) is 9.96. The highest BCUT2D eigenvalue weighted by Crippen LogP contribution is 2.31. The van der Waals surface area contributed by atoms with Crippen LogP contribution in [-0.4, -0.2) is 21.2 Å². The second kappa shape index (κ2) is 5.00. The molecular weight excluding hydrogens is 284 g/mol. The fourth-order valence-corrected chi connectivity index (χ4v) is 2.81. The van der Waals surface area contributed by atoms with Gasteiger partial charge < -0.3 is 4.74 Å². The van der Waals surface area contributed by atoms with Crippen LogP contribution < -0.4 is 0 Å². The van der Waals surface area contributed by atoms with Crippen LogP contribution in [0.3, 0.4) is 0 Å². The lowest BCUT2D eigenvalue weighted by Crippen LogP contribution is -2.27. The number of fused-ring (bicyclic) bond motifs is 1. The monoisotopic (exact) mass is 300 g/mol. The molecule has 4 nitrogen and oxygen atoms in total. The van der Waals surface area contributed by atoms with Gasteiger partial charge in [-0.05, 0) is 32.9 Å². The van der Waals surface area contributed by atoms with Crippen LogP contribution in [0.5, 0.6) is 0 Å². The van der Waals surface area contributed by atoms with E-state index in [1.807, 2.05) is 51.1 Å². The zero-order valence-corrected chi connectivity index (χ0v) is 13.0. The summed E-state index contributed by atoms with van der Waals surface area (Å²) < 4.78 is 7.16. The molecule has 0 saturated carbocycles. The molecule has 3 rings (SSSR count). The van der Waals surface area contributed by atoms with Crippen molar-refractivity contribution in [2.75, 3.05) is 0 Å². The predicted molar refractivity (Wildman–Crippen MR) is 84.7 cm³/mol. The van der Waals surface area contributed by atoms with Crippen molar-refractivity contribution in [2.24, 2.45) is 0 Å². The van der Waals surface area contributed by atoms with Gasteiger partial charge in [0, 0.05) is 11.6 Å². The number of ether oxygens (including phenoxy) is 1. The van der Waals surface area contributed by atoms with Crippen LogP contribution in [0.15, 0.2) is 42.0 Å². The molecule has 0 atom stereocenters. The van der Waals surface area contributed by atoms with Crippen LogP contribution in [0.1, 0.15) is 20.8 Å². The third-order valence-corrected chi connectivity index (χ3v) is 3.77. The third-order valence-electron chi connectivity index (χ3n) is 2.97. The number of benzene rings is 1. The molecule has 108 valence electrons. The van der Waals surface area contributed by atoms with Gasteiger partial charge in [0.15, 0.2) is 0 Å². The quantitative estimate of drug-likeness (QED) is 0.662. The summed E-state index contributed by atoms with van der Waals surface area (Å²) in [4.78, 5) is 17.6. The second-order valence-electron chi connectivity index (χ2n) is 5.77. The lowest BCUT2D eigenvalue weighted by molar-refractivity contribution is 0.0547. The van der Waals surface area contributed by atoms with Crippen molar-refractivity contribution in [1.82, 2.24) is 9.55 Å². The fraction of sp³-hybridized carbons (Fsp3) is 0.250. The molecule has 0 aliphatic heterocycles. The van der Waals surface area contributed by atoms with Crippen molar-refractivity contribution in [3.05, 3.63) is 42.0 Å². The number of hydrogen-bond donors (Lipinski definition) is 0. The Kier molecular flexibility index (Phi) is 3.29. The molecule has 0 saturated heterocycles. The summed E-state index contributed by atoms with van der Waals surface area (Å²) in [5, 5.41) is 1.01. The molecule has 21 heavy (non-hydrogen) atoms. The van der Waals surface area contributed by atoms with Crippen LogP contribution in [-0.2, 0) is 4.74 Å². The van der Waals surface area contributed by atoms with Crippen molar-refractivity contribution in [1.29, 1.82) is 0 Å². The molecule has 0 fully saturated rings. The van der Waals surface area contributed by atoms with E-state index in [1.54, 1.807) is 16.3 Å². The van der Waals surface area contributed by atoms with E-state index in [2.05, 4.69) is 4.98 Å². The molecular formula is C16H16N2O2S. The minimum atomic E-state index is -0.534. The summed E-state index contributed by atoms with van der Waals surface area (Å²) in [6.45, 7) is 5.59. The van der Waals surface area contributed by atoms with E-state index in [-0.39, 0.29) is 6.09 Å². The van der Waals surface area contributed by atoms with Gasteiger partial charge in [0.1, 0.15) is 5.60 Å². The Bertz CT molecular complexity index is 782. The van der Waals surface area contributed by atoms with Crippen LogP contribution in [0.4, 0.5) is 4.79 Å². The van der Waals surface area contributed by atoms with Crippen LogP contribution in [0.2, 0.25) is 0 Å². The maximum Gasteiger partial charge on any atom is 0.419 e. The number of para-hydroxylation sites is 1. The Morgan fingerprint density at radius 3 is 2.71 bits per heavy atom. The third kappa shape index (κ3) is 2.69. The average molecular weight is 300 g/mol. The summed E-state index contributed by atoms with van der Waals surface area (Å²) in [5.41, 5.74) is 2.88. The number of hydrogen-bond acceptors (Lipinski definition) is 4. The Balaban J connectivity index is 2.19. The van der Waals surface area contributed by atoms with Crippen molar-refractivity contribution in [3.63, 3.8) is 0 Å². The molecule has 0 unspecified atom stereocenters. The van der Waals surface area contributed by atoms with Gasteiger partial charge in [-0.15, -0.1) is 11.3 Å². The summed E-state index contributed by atoms with van der Waals surface area (Å²) in [5.74, 6) is 0. The topological polar surface area (TPSA) is 44.1 Å². The van der Waals surface area contributed by atoms with Gasteiger partial charge in [0.25, 0.3) is 0 Å². The predicted octanol–water partition coefficient (Wildman–Crippen LogP) is 4.55. The van der Waals surface area contributed by atoms with E-state index in [1.165, 1.54) is 11.3 Å². The Morgan fingerprint density at radius 2 is 2.05 bits per heavy atom. The van der Waals surface area contributed by atoms with E-state index < -0.39 is 5.60 Å². The van der Waals surface area contributed by atoms with Gasteiger partial charge in [0.2, 0.25) is 0 Å². The minimum absolute atomic E-state index is 0.368. The van der Waals surface area contributed by atoms with Gasteiger partial charge >= 0.3 is 6.09 Å². The number of nitrogens with zero attached hydrogens (tertiary/aromatic N) is 2. The Labute approximate surface area is 127 Å². The highest BCUT2D eigenvalue weighted by atomic mass is 32.1. The standard InChI is InChI=1S/C16H16N2O2S/c1-16(2,3)20-15(19)18-12-7-5-4-6-11(12)8-13(18)14-9-17-10-21-14/h4-10H,1-3H3. The van der Waals surface area contributed by atoms with Crippen molar-refractivity contribution in [3.8, 4) is 10.6 Å². The maximum absolute atomic E-state index is 12.6. The van der Waals surface area contributed by atoms with E-state index in [4.69, 9.17) is 4.74 Å².